The van der Waals surface area contributed by atoms with E-state index in [-0.39, 0.29) is 0 Å². The first-order valence-electron chi connectivity index (χ1n) is 3.36. The predicted octanol–water partition coefficient (Wildman–Crippen LogP) is -1.40. The number of rotatable bonds is 5. The van der Waals surface area contributed by atoms with Crippen LogP contribution in [0.5, 0.6) is 0 Å². The molecule has 0 aromatic heterocycles. The molecule has 1 unspecified atom stereocenters. The van der Waals surface area contributed by atoms with Gasteiger partial charge in [-0.15, -0.1) is 0 Å². The maximum atomic E-state index is 10.7. The monoisotopic (exact) mass is 284 g/mol. The molecule has 0 amide bonds. The van der Waals surface area contributed by atoms with Crippen LogP contribution in [0, 0.1) is 0 Å². The lowest BCUT2D eigenvalue weighted by molar-refractivity contribution is 0.348. The molecule has 0 aromatic rings. The van der Waals surface area contributed by atoms with Gasteiger partial charge in [0.25, 0.3) is 10.1 Å². The van der Waals surface area contributed by atoms with Crippen molar-refractivity contribution in [2.45, 2.75) is 5.66 Å². The minimum absolute atomic E-state index is 1.31. The second-order valence-electron chi connectivity index (χ2n) is 2.84. The fourth-order valence-corrected chi connectivity index (χ4v) is 5.06. The molecule has 0 bridgehead atoms. The Morgan fingerprint density at radius 1 is 1.07 bits per heavy atom. The molecule has 15 heavy (non-hydrogen) atoms. The fourth-order valence-electron chi connectivity index (χ4n) is 0.774. The van der Waals surface area contributed by atoms with Gasteiger partial charge in [0.1, 0.15) is 0 Å². The Labute approximate surface area is 85.2 Å². The SMILES string of the molecule is O=P(O)(O)CC(CS(=O)(=O)O)P(=O)(O)O. The summed E-state index contributed by atoms with van der Waals surface area (Å²) >= 11 is 0. The molecule has 92 valence electrons. The molecule has 0 spiro atoms. The van der Waals surface area contributed by atoms with Gasteiger partial charge in [0.05, 0.1) is 17.6 Å². The van der Waals surface area contributed by atoms with Crippen LogP contribution in [0.2, 0.25) is 0 Å². The Morgan fingerprint density at radius 3 is 1.67 bits per heavy atom. The molecule has 0 fully saturated rings. The molecule has 1 atom stereocenters. The van der Waals surface area contributed by atoms with E-state index in [4.69, 9.17) is 24.1 Å². The smallest absolute Gasteiger partial charge is 0.324 e. The first-order chi connectivity index (χ1) is 6.31. The molecule has 0 radical (unpaired) electrons. The van der Waals surface area contributed by atoms with Crippen LogP contribution in [-0.4, -0.2) is 50.1 Å². The van der Waals surface area contributed by atoms with Crippen molar-refractivity contribution in [1.82, 2.24) is 0 Å². The van der Waals surface area contributed by atoms with Gasteiger partial charge < -0.3 is 19.6 Å². The highest BCUT2D eigenvalue weighted by molar-refractivity contribution is 7.86. The lowest BCUT2D eigenvalue weighted by Crippen LogP contribution is -2.24. The topological polar surface area (TPSA) is 169 Å². The number of hydrogen-bond acceptors (Lipinski definition) is 4. The Balaban J connectivity index is 4.94. The summed E-state index contributed by atoms with van der Waals surface area (Å²) in [5, 5.41) is 0. The molecule has 0 aliphatic heterocycles. The Hall–Kier alpha value is 0.210. The lowest BCUT2D eigenvalue weighted by atomic mass is 10.5. The number of hydrogen-bond donors (Lipinski definition) is 5. The van der Waals surface area contributed by atoms with E-state index >= 15 is 0 Å². The highest BCUT2D eigenvalue weighted by atomic mass is 32.2. The van der Waals surface area contributed by atoms with Crippen molar-refractivity contribution in [3.05, 3.63) is 0 Å². The summed E-state index contributed by atoms with van der Waals surface area (Å²) < 4.78 is 50.1. The van der Waals surface area contributed by atoms with Gasteiger partial charge in [-0.05, 0) is 0 Å². The molecular formula is C3H10O9P2S. The van der Waals surface area contributed by atoms with Gasteiger partial charge in [-0.25, -0.2) is 0 Å². The van der Waals surface area contributed by atoms with E-state index in [0.717, 1.165) is 0 Å². The molecule has 12 heteroatoms. The largest absolute Gasteiger partial charge is 0.330 e. The summed E-state index contributed by atoms with van der Waals surface area (Å²) in [6.07, 6.45) is -1.31. The third kappa shape index (κ3) is 8.06. The minimum Gasteiger partial charge on any atom is -0.324 e. The molecule has 0 aliphatic rings. The highest BCUT2D eigenvalue weighted by Gasteiger charge is 2.37. The average Bonchev–Trinajstić information content (AvgIpc) is 1.75. The molecule has 0 saturated heterocycles. The molecule has 0 rings (SSSR count). The van der Waals surface area contributed by atoms with Crippen LogP contribution in [0.25, 0.3) is 0 Å². The molecule has 0 aromatic carbocycles. The van der Waals surface area contributed by atoms with Gasteiger partial charge in [-0.1, -0.05) is 0 Å². The minimum atomic E-state index is -5.00. The van der Waals surface area contributed by atoms with E-state index in [2.05, 4.69) is 0 Å². The zero-order valence-electron chi connectivity index (χ0n) is 7.16. The summed E-state index contributed by atoms with van der Waals surface area (Å²) in [7, 11) is -14.5. The van der Waals surface area contributed by atoms with Gasteiger partial charge in [0.2, 0.25) is 0 Å². The quantitative estimate of drug-likeness (QED) is 0.301. The van der Waals surface area contributed by atoms with Crippen molar-refractivity contribution in [3.63, 3.8) is 0 Å². The van der Waals surface area contributed by atoms with E-state index < -0.39 is 42.9 Å². The maximum absolute atomic E-state index is 10.7. The third-order valence-corrected chi connectivity index (χ3v) is 4.92. The van der Waals surface area contributed by atoms with E-state index in [1.165, 1.54) is 0 Å². The standard InChI is InChI=1S/C3H10O9P2S/c4-13(5,6)1-3(14(7,8)9)2-15(10,11)12/h3H,1-2H2,(H2,4,5,6)(H2,7,8,9)(H,10,11,12). The average molecular weight is 284 g/mol. The van der Waals surface area contributed by atoms with Crippen LogP contribution in [0.15, 0.2) is 0 Å². The molecule has 5 N–H and O–H groups in total. The lowest BCUT2D eigenvalue weighted by Gasteiger charge is -2.17. The molecular weight excluding hydrogens is 274 g/mol. The van der Waals surface area contributed by atoms with Crippen molar-refractivity contribution >= 4 is 25.3 Å². The normalized spacial score (nSPS) is 16.3. The first-order valence-corrected chi connectivity index (χ1v) is 8.45. The fraction of sp³-hybridized carbons (Fsp3) is 1.00. The Kier molecular flexibility index (Phi) is 4.67. The second kappa shape index (κ2) is 4.60. The van der Waals surface area contributed by atoms with Crippen LogP contribution < -0.4 is 0 Å². The van der Waals surface area contributed by atoms with E-state index in [1.54, 1.807) is 0 Å². The van der Waals surface area contributed by atoms with Gasteiger partial charge in [-0.2, -0.15) is 8.42 Å². The molecule has 0 saturated carbocycles. The first kappa shape index (κ1) is 15.2. The van der Waals surface area contributed by atoms with Crippen molar-refractivity contribution < 1.29 is 41.7 Å². The molecule has 0 heterocycles. The maximum Gasteiger partial charge on any atom is 0.330 e. The van der Waals surface area contributed by atoms with Crippen LogP contribution in [0.4, 0.5) is 0 Å². The van der Waals surface area contributed by atoms with Crippen LogP contribution >= 0.6 is 15.2 Å². The van der Waals surface area contributed by atoms with Crippen molar-refractivity contribution in [2.75, 3.05) is 11.9 Å². The van der Waals surface area contributed by atoms with E-state index in [9.17, 15) is 17.5 Å². The molecule has 0 aliphatic carbocycles. The van der Waals surface area contributed by atoms with Crippen LogP contribution in [0.1, 0.15) is 0 Å². The van der Waals surface area contributed by atoms with Crippen molar-refractivity contribution in [2.24, 2.45) is 0 Å². The van der Waals surface area contributed by atoms with Gasteiger partial charge in [0.15, 0.2) is 0 Å². The van der Waals surface area contributed by atoms with Crippen LogP contribution in [0.3, 0.4) is 0 Å². The van der Waals surface area contributed by atoms with Gasteiger partial charge in [0, 0.05) is 0 Å². The summed E-state index contributed by atoms with van der Waals surface area (Å²) in [5.41, 5.74) is -2.12. The van der Waals surface area contributed by atoms with Gasteiger partial charge >= 0.3 is 15.2 Å². The zero-order chi connectivity index (χ0) is 12.5. The van der Waals surface area contributed by atoms with E-state index in [1.807, 2.05) is 0 Å². The third-order valence-electron chi connectivity index (χ3n) is 1.33. The molecule has 9 nitrogen and oxygen atoms in total. The predicted molar refractivity (Wildman–Crippen MR) is 49.2 cm³/mol. The van der Waals surface area contributed by atoms with Crippen LogP contribution in [-0.2, 0) is 19.2 Å². The zero-order valence-corrected chi connectivity index (χ0v) is 9.77. The van der Waals surface area contributed by atoms with E-state index in [0.29, 0.717) is 0 Å². The second-order valence-corrected chi connectivity index (χ2v) is 7.94. The van der Waals surface area contributed by atoms with Crippen molar-refractivity contribution in [1.29, 1.82) is 0 Å². The van der Waals surface area contributed by atoms with Crippen molar-refractivity contribution in [3.8, 4) is 0 Å². The summed E-state index contributed by atoms with van der Waals surface area (Å²) in [5.74, 6) is -1.40. The Bertz CT molecular complexity index is 399. The summed E-state index contributed by atoms with van der Waals surface area (Å²) in [4.78, 5) is 34.1. The van der Waals surface area contributed by atoms with Gasteiger partial charge in [-0.3, -0.25) is 13.7 Å². The summed E-state index contributed by atoms with van der Waals surface area (Å²) in [6.45, 7) is 0. The summed E-state index contributed by atoms with van der Waals surface area (Å²) in [6, 6.07) is 0. The Morgan fingerprint density at radius 2 is 1.47 bits per heavy atom. The highest BCUT2D eigenvalue weighted by Crippen LogP contribution is 2.49.